The minimum atomic E-state index is -0.383. The molecule has 0 N–H and O–H groups in total. The number of halogens is 1. The third-order valence-electron chi connectivity index (χ3n) is 5.23. The van der Waals surface area contributed by atoms with Crippen molar-refractivity contribution in [2.75, 3.05) is 11.4 Å². The zero-order chi connectivity index (χ0) is 17.6. The predicted octanol–water partition coefficient (Wildman–Crippen LogP) is 4.36. The molecule has 128 valence electrons. The van der Waals surface area contributed by atoms with E-state index in [0.717, 1.165) is 12.0 Å². The third kappa shape index (κ3) is 2.71. The molecule has 2 aliphatic heterocycles. The van der Waals surface area contributed by atoms with E-state index in [1.807, 2.05) is 31.2 Å². The van der Waals surface area contributed by atoms with E-state index in [2.05, 4.69) is 12.1 Å². The van der Waals surface area contributed by atoms with Gasteiger partial charge in [0.2, 0.25) is 0 Å². The van der Waals surface area contributed by atoms with Gasteiger partial charge in [0.25, 0.3) is 5.91 Å². The number of hydrogen-bond acceptors (Lipinski definition) is 2. The Balaban J connectivity index is 1.61. The first-order valence-corrected chi connectivity index (χ1v) is 8.89. The molecule has 2 aromatic carbocycles. The van der Waals surface area contributed by atoms with Crippen LogP contribution in [0.1, 0.15) is 29.9 Å². The molecule has 0 aliphatic carbocycles. The van der Waals surface area contributed by atoms with Gasteiger partial charge in [0.05, 0.1) is 5.69 Å². The number of carbonyl (C=O) groups is 2. The minimum Gasteiger partial charge on any atom is -0.312 e. The molecule has 2 fully saturated rings. The second-order valence-electron chi connectivity index (χ2n) is 6.73. The Bertz CT molecular complexity index is 837. The van der Waals surface area contributed by atoms with Gasteiger partial charge in [-0.1, -0.05) is 48.0 Å². The van der Waals surface area contributed by atoms with Crippen LogP contribution >= 0.6 is 11.6 Å². The van der Waals surface area contributed by atoms with Crippen molar-refractivity contribution in [3.8, 4) is 0 Å². The van der Waals surface area contributed by atoms with Crippen molar-refractivity contribution in [3.63, 3.8) is 0 Å². The first-order valence-electron chi connectivity index (χ1n) is 8.52. The molecule has 5 heteroatoms. The van der Waals surface area contributed by atoms with Crippen LogP contribution in [0.4, 0.5) is 10.5 Å². The highest BCUT2D eigenvalue weighted by molar-refractivity contribution is 6.32. The average molecular weight is 355 g/mol. The van der Waals surface area contributed by atoms with Crippen LogP contribution in [-0.4, -0.2) is 29.4 Å². The Kier molecular flexibility index (Phi) is 4.00. The Labute approximate surface area is 152 Å². The van der Waals surface area contributed by atoms with Crippen LogP contribution in [0, 0.1) is 6.92 Å². The molecular formula is C20H19ClN2O2. The number of carbonyl (C=O) groups excluding carboxylic acids is 2. The third-order valence-corrected chi connectivity index (χ3v) is 5.64. The van der Waals surface area contributed by atoms with Crippen LogP contribution in [0.5, 0.6) is 0 Å². The molecule has 0 bridgehead atoms. The lowest BCUT2D eigenvalue weighted by Gasteiger charge is -2.32. The summed E-state index contributed by atoms with van der Waals surface area (Å²) >= 11 is 6.18. The van der Waals surface area contributed by atoms with Crippen LogP contribution in [0.15, 0.2) is 48.5 Å². The maximum atomic E-state index is 12.9. The fourth-order valence-corrected chi connectivity index (χ4v) is 3.96. The number of urea groups is 1. The number of anilines is 1. The molecule has 2 saturated heterocycles. The van der Waals surface area contributed by atoms with E-state index in [0.29, 0.717) is 29.6 Å². The van der Waals surface area contributed by atoms with Crippen molar-refractivity contribution < 1.29 is 9.59 Å². The molecule has 3 amide bonds. The maximum absolute atomic E-state index is 12.9. The SMILES string of the molecule is Cc1ccc(N2C(=O)C3CC(c4ccccc4)CCN3C2=O)cc1Cl. The average Bonchev–Trinajstić information content (AvgIpc) is 2.89. The molecule has 0 spiro atoms. The Morgan fingerprint density at radius 3 is 2.56 bits per heavy atom. The van der Waals surface area contributed by atoms with Crippen molar-refractivity contribution in [1.29, 1.82) is 0 Å². The lowest BCUT2D eigenvalue weighted by atomic mass is 9.86. The van der Waals surface area contributed by atoms with E-state index in [1.165, 1.54) is 10.5 Å². The summed E-state index contributed by atoms with van der Waals surface area (Å²) in [5.41, 5.74) is 2.71. The highest BCUT2D eigenvalue weighted by atomic mass is 35.5. The predicted molar refractivity (Wildman–Crippen MR) is 98.0 cm³/mol. The first-order chi connectivity index (χ1) is 12.1. The molecular weight excluding hydrogens is 336 g/mol. The van der Waals surface area contributed by atoms with E-state index >= 15 is 0 Å². The van der Waals surface area contributed by atoms with Crippen LogP contribution in [-0.2, 0) is 4.79 Å². The monoisotopic (exact) mass is 354 g/mol. The summed E-state index contributed by atoms with van der Waals surface area (Å²) in [4.78, 5) is 28.7. The summed E-state index contributed by atoms with van der Waals surface area (Å²) in [7, 11) is 0. The summed E-state index contributed by atoms with van der Waals surface area (Å²) in [6.45, 7) is 2.50. The number of piperidine rings is 1. The second-order valence-corrected chi connectivity index (χ2v) is 7.14. The number of aryl methyl sites for hydroxylation is 1. The van der Waals surface area contributed by atoms with Crippen molar-refractivity contribution in [2.45, 2.75) is 31.7 Å². The van der Waals surface area contributed by atoms with Crippen molar-refractivity contribution in [3.05, 3.63) is 64.7 Å². The standard InChI is InChI=1S/C20H19ClN2O2/c1-13-7-8-16(12-17(13)21)23-19(24)18-11-15(9-10-22(18)20(23)25)14-5-3-2-4-6-14/h2-8,12,15,18H,9-11H2,1H3. The number of amides is 3. The van der Waals surface area contributed by atoms with Gasteiger partial charge < -0.3 is 4.90 Å². The van der Waals surface area contributed by atoms with Gasteiger partial charge in [-0.2, -0.15) is 0 Å². The topological polar surface area (TPSA) is 40.6 Å². The summed E-state index contributed by atoms with van der Waals surface area (Å²) in [6, 6.07) is 14.9. The molecule has 2 heterocycles. The Morgan fingerprint density at radius 2 is 1.84 bits per heavy atom. The van der Waals surface area contributed by atoms with Crippen molar-refractivity contribution in [2.24, 2.45) is 0 Å². The van der Waals surface area contributed by atoms with Crippen molar-refractivity contribution >= 4 is 29.2 Å². The highest BCUT2D eigenvalue weighted by Gasteiger charge is 2.48. The normalized spacial score (nSPS) is 23.1. The molecule has 2 atom stereocenters. The number of imide groups is 1. The number of rotatable bonds is 2. The molecule has 2 aliphatic rings. The second kappa shape index (κ2) is 6.19. The van der Waals surface area contributed by atoms with Gasteiger partial charge in [-0.15, -0.1) is 0 Å². The van der Waals surface area contributed by atoms with Gasteiger partial charge in [0.1, 0.15) is 6.04 Å². The molecule has 25 heavy (non-hydrogen) atoms. The molecule has 2 unspecified atom stereocenters. The molecule has 0 radical (unpaired) electrons. The minimum absolute atomic E-state index is 0.148. The quantitative estimate of drug-likeness (QED) is 0.752. The molecule has 2 aromatic rings. The molecule has 4 nitrogen and oxygen atoms in total. The zero-order valence-electron chi connectivity index (χ0n) is 14.0. The maximum Gasteiger partial charge on any atom is 0.332 e. The zero-order valence-corrected chi connectivity index (χ0v) is 14.7. The molecule has 4 rings (SSSR count). The van der Waals surface area contributed by atoms with E-state index in [9.17, 15) is 9.59 Å². The fraction of sp³-hybridized carbons (Fsp3) is 0.300. The van der Waals surface area contributed by atoms with Crippen LogP contribution < -0.4 is 4.90 Å². The number of nitrogens with zero attached hydrogens (tertiary/aromatic N) is 2. The van der Waals surface area contributed by atoms with Crippen molar-refractivity contribution in [1.82, 2.24) is 4.90 Å². The number of benzene rings is 2. The van der Waals surface area contributed by atoms with Gasteiger partial charge in [-0.25, -0.2) is 9.69 Å². The summed E-state index contributed by atoms with van der Waals surface area (Å²) in [5, 5.41) is 0.560. The summed E-state index contributed by atoms with van der Waals surface area (Å²) < 4.78 is 0. The fourth-order valence-electron chi connectivity index (χ4n) is 3.79. The van der Waals surface area contributed by atoms with Crippen LogP contribution in [0.3, 0.4) is 0 Å². The first kappa shape index (κ1) is 16.2. The van der Waals surface area contributed by atoms with Gasteiger partial charge in [0.15, 0.2) is 0 Å². The lowest BCUT2D eigenvalue weighted by molar-refractivity contribution is -0.120. The van der Waals surface area contributed by atoms with Gasteiger partial charge >= 0.3 is 6.03 Å². The van der Waals surface area contributed by atoms with E-state index in [-0.39, 0.29) is 18.0 Å². The summed E-state index contributed by atoms with van der Waals surface area (Å²) in [5.74, 6) is 0.159. The number of hydrogen-bond donors (Lipinski definition) is 0. The lowest BCUT2D eigenvalue weighted by Crippen LogP contribution is -2.41. The molecule has 0 aromatic heterocycles. The van der Waals surface area contributed by atoms with Gasteiger partial charge in [-0.3, -0.25) is 4.79 Å². The van der Waals surface area contributed by atoms with Crippen LogP contribution in [0.2, 0.25) is 5.02 Å². The van der Waals surface area contributed by atoms with Gasteiger partial charge in [0, 0.05) is 11.6 Å². The Hall–Kier alpha value is -2.33. The largest absolute Gasteiger partial charge is 0.332 e. The van der Waals surface area contributed by atoms with E-state index in [4.69, 9.17) is 11.6 Å². The number of fused-ring (bicyclic) bond motifs is 1. The summed E-state index contributed by atoms with van der Waals surface area (Å²) in [6.07, 6.45) is 1.55. The smallest absolute Gasteiger partial charge is 0.312 e. The highest BCUT2D eigenvalue weighted by Crippen LogP contribution is 2.38. The molecule has 0 saturated carbocycles. The van der Waals surface area contributed by atoms with E-state index < -0.39 is 0 Å². The Morgan fingerprint density at radius 1 is 1.08 bits per heavy atom. The van der Waals surface area contributed by atoms with Crippen LogP contribution in [0.25, 0.3) is 0 Å². The van der Waals surface area contributed by atoms with Gasteiger partial charge in [-0.05, 0) is 48.9 Å². The van der Waals surface area contributed by atoms with E-state index in [1.54, 1.807) is 17.0 Å².